The van der Waals surface area contributed by atoms with E-state index in [0.717, 1.165) is 18.7 Å². The molecule has 2 nitrogen and oxygen atoms in total. The Morgan fingerprint density at radius 1 is 1.29 bits per heavy atom. The van der Waals surface area contributed by atoms with Crippen molar-refractivity contribution < 1.29 is 4.39 Å². The van der Waals surface area contributed by atoms with Gasteiger partial charge in [0.05, 0.1) is 5.69 Å². The molecule has 0 bridgehead atoms. The van der Waals surface area contributed by atoms with Crippen LogP contribution in [0.4, 0.5) is 10.1 Å². The van der Waals surface area contributed by atoms with Gasteiger partial charge in [0.25, 0.3) is 0 Å². The maximum absolute atomic E-state index is 14.0. The minimum absolute atomic E-state index is 0.144. The zero-order chi connectivity index (χ0) is 12.4. The van der Waals surface area contributed by atoms with Gasteiger partial charge in [0, 0.05) is 19.6 Å². The molecule has 1 fully saturated rings. The molecule has 1 saturated heterocycles. The van der Waals surface area contributed by atoms with Crippen LogP contribution in [0.15, 0.2) is 18.2 Å². The molecule has 1 aliphatic rings. The van der Waals surface area contributed by atoms with Gasteiger partial charge < -0.3 is 10.6 Å². The number of hydrogen-bond acceptors (Lipinski definition) is 2. The van der Waals surface area contributed by atoms with Crippen LogP contribution in [-0.4, -0.2) is 13.1 Å². The monoisotopic (exact) mass is 236 g/mol. The molecule has 1 aromatic rings. The molecule has 0 aromatic heterocycles. The van der Waals surface area contributed by atoms with E-state index in [2.05, 4.69) is 18.7 Å². The van der Waals surface area contributed by atoms with Crippen molar-refractivity contribution in [3.63, 3.8) is 0 Å². The lowest BCUT2D eigenvalue weighted by Gasteiger charge is -2.37. The van der Waals surface area contributed by atoms with Crippen LogP contribution in [0, 0.1) is 17.7 Å². The third-order valence-corrected chi connectivity index (χ3v) is 3.48. The summed E-state index contributed by atoms with van der Waals surface area (Å²) < 4.78 is 14.0. The van der Waals surface area contributed by atoms with E-state index in [1.54, 1.807) is 6.07 Å². The van der Waals surface area contributed by atoms with Gasteiger partial charge in [-0.25, -0.2) is 4.39 Å². The van der Waals surface area contributed by atoms with Gasteiger partial charge in [-0.15, -0.1) is 0 Å². The summed E-state index contributed by atoms with van der Waals surface area (Å²) in [6.45, 7) is 6.71. The molecule has 17 heavy (non-hydrogen) atoms. The Labute approximate surface area is 103 Å². The van der Waals surface area contributed by atoms with Gasteiger partial charge in [-0.2, -0.15) is 0 Å². The van der Waals surface area contributed by atoms with Crippen LogP contribution in [0.2, 0.25) is 0 Å². The van der Waals surface area contributed by atoms with Crippen LogP contribution in [0.3, 0.4) is 0 Å². The predicted octanol–water partition coefficient (Wildman–Crippen LogP) is 2.77. The number of piperidine rings is 1. The number of nitrogens with two attached hydrogens (primary N) is 1. The Morgan fingerprint density at radius 2 is 1.94 bits per heavy atom. The summed E-state index contributed by atoms with van der Waals surface area (Å²) in [4.78, 5) is 2.16. The summed E-state index contributed by atoms with van der Waals surface area (Å²) in [5.41, 5.74) is 7.33. The standard InChI is InChI=1S/C14H21FN2/c1-10-6-11(2)9-17(8-10)14-12(7-16)4-3-5-13(14)15/h3-5,10-11H,6-9,16H2,1-2H3. The molecule has 0 aliphatic carbocycles. The molecular weight excluding hydrogens is 215 g/mol. The Balaban J connectivity index is 2.32. The highest BCUT2D eigenvalue weighted by atomic mass is 19.1. The smallest absolute Gasteiger partial charge is 0.146 e. The van der Waals surface area contributed by atoms with Crippen LogP contribution in [0.25, 0.3) is 0 Å². The van der Waals surface area contributed by atoms with Crippen LogP contribution < -0.4 is 10.6 Å². The number of rotatable bonds is 2. The molecule has 2 N–H and O–H groups in total. The minimum Gasteiger partial charge on any atom is -0.368 e. The van der Waals surface area contributed by atoms with Gasteiger partial charge in [-0.05, 0) is 29.9 Å². The number of benzene rings is 1. The van der Waals surface area contributed by atoms with E-state index in [1.807, 2.05) is 6.07 Å². The third kappa shape index (κ3) is 2.60. The molecule has 2 rings (SSSR count). The molecule has 0 saturated carbocycles. The van der Waals surface area contributed by atoms with E-state index in [1.165, 1.54) is 12.5 Å². The Morgan fingerprint density at radius 3 is 2.53 bits per heavy atom. The summed E-state index contributed by atoms with van der Waals surface area (Å²) in [7, 11) is 0. The van der Waals surface area contributed by atoms with E-state index in [9.17, 15) is 4.39 Å². The fraction of sp³-hybridized carbons (Fsp3) is 0.571. The summed E-state index contributed by atoms with van der Waals surface area (Å²) in [6, 6.07) is 5.18. The van der Waals surface area contributed by atoms with Crippen molar-refractivity contribution in [1.82, 2.24) is 0 Å². The normalized spacial score (nSPS) is 25.1. The van der Waals surface area contributed by atoms with Crippen LogP contribution in [-0.2, 0) is 6.54 Å². The fourth-order valence-electron chi connectivity index (χ4n) is 2.92. The van der Waals surface area contributed by atoms with Crippen molar-refractivity contribution in [1.29, 1.82) is 0 Å². The second-order valence-electron chi connectivity index (χ2n) is 5.30. The number of para-hydroxylation sites is 1. The first-order valence-electron chi connectivity index (χ1n) is 6.34. The van der Waals surface area contributed by atoms with Crippen molar-refractivity contribution in [3.05, 3.63) is 29.6 Å². The third-order valence-electron chi connectivity index (χ3n) is 3.48. The van der Waals surface area contributed by atoms with Gasteiger partial charge in [-0.3, -0.25) is 0 Å². The first kappa shape index (κ1) is 12.4. The lowest BCUT2D eigenvalue weighted by molar-refractivity contribution is 0.354. The average Bonchev–Trinajstić information content (AvgIpc) is 2.27. The zero-order valence-electron chi connectivity index (χ0n) is 10.6. The first-order chi connectivity index (χ1) is 8.11. The van der Waals surface area contributed by atoms with Crippen LogP contribution in [0.1, 0.15) is 25.8 Å². The fourth-order valence-corrected chi connectivity index (χ4v) is 2.92. The zero-order valence-corrected chi connectivity index (χ0v) is 10.6. The number of anilines is 1. The molecule has 1 aromatic carbocycles. The molecule has 0 spiro atoms. The molecule has 94 valence electrons. The maximum Gasteiger partial charge on any atom is 0.146 e. The number of hydrogen-bond donors (Lipinski definition) is 1. The maximum atomic E-state index is 14.0. The topological polar surface area (TPSA) is 29.3 Å². The largest absolute Gasteiger partial charge is 0.368 e. The summed E-state index contributed by atoms with van der Waals surface area (Å²) in [5.74, 6) is 1.09. The molecule has 1 aliphatic heterocycles. The van der Waals surface area contributed by atoms with Crippen molar-refractivity contribution in [2.24, 2.45) is 17.6 Å². The highest BCUT2D eigenvalue weighted by Gasteiger charge is 2.25. The number of nitrogens with zero attached hydrogens (tertiary/aromatic N) is 1. The molecule has 0 radical (unpaired) electrons. The quantitative estimate of drug-likeness (QED) is 0.855. The van der Waals surface area contributed by atoms with E-state index < -0.39 is 0 Å². The van der Waals surface area contributed by atoms with Crippen LogP contribution in [0.5, 0.6) is 0 Å². The highest BCUT2D eigenvalue weighted by molar-refractivity contribution is 5.55. The SMILES string of the molecule is CC1CC(C)CN(c2c(F)cccc2CN)C1. The van der Waals surface area contributed by atoms with Gasteiger partial charge in [0.1, 0.15) is 5.82 Å². The van der Waals surface area contributed by atoms with Gasteiger partial charge in [0.15, 0.2) is 0 Å². The minimum atomic E-state index is -0.144. The average molecular weight is 236 g/mol. The molecule has 0 amide bonds. The molecular formula is C14H21FN2. The van der Waals surface area contributed by atoms with E-state index in [-0.39, 0.29) is 5.82 Å². The van der Waals surface area contributed by atoms with E-state index in [0.29, 0.717) is 24.1 Å². The second-order valence-corrected chi connectivity index (χ2v) is 5.30. The lowest BCUT2D eigenvalue weighted by atomic mass is 9.91. The molecule has 1 heterocycles. The second kappa shape index (κ2) is 5.05. The van der Waals surface area contributed by atoms with Gasteiger partial charge >= 0.3 is 0 Å². The van der Waals surface area contributed by atoms with Crippen molar-refractivity contribution in [2.75, 3.05) is 18.0 Å². The van der Waals surface area contributed by atoms with E-state index in [4.69, 9.17) is 5.73 Å². The van der Waals surface area contributed by atoms with Crippen molar-refractivity contribution >= 4 is 5.69 Å². The Bertz CT molecular complexity index is 382. The van der Waals surface area contributed by atoms with Crippen molar-refractivity contribution in [2.45, 2.75) is 26.8 Å². The summed E-state index contributed by atoms with van der Waals surface area (Å²) in [5, 5.41) is 0. The number of halogens is 1. The predicted molar refractivity (Wildman–Crippen MR) is 69.4 cm³/mol. The molecule has 2 unspecified atom stereocenters. The molecule has 2 atom stereocenters. The first-order valence-corrected chi connectivity index (χ1v) is 6.34. The highest BCUT2D eigenvalue weighted by Crippen LogP contribution is 2.30. The lowest BCUT2D eigenvalue weighted by Crippen LogP contribution is -2.39. The molecule has 3 heteroatoms. The van der Waals surface area contributed by atoms with E-state index >= 15 is 0 Å². The Hall–Kier alpha value is -1.09. The van der Waals surface area contributed by atoms with Crippen molar-refractivity contribution in [3.8, 4) is 0 Å². The Kier molecular flexibility index (Phi) is 3.67. The van der Waals surface area contributed by atoms with Crippen LogP contribution >= 0.6 is 0 Å². The van der Waals surface area contributed by atoms with Gasteiger partial charge in [0.2, 0.25) is 0 Å². The summed E-state index contributed by atoms with van der Waals surface area (Å²) in [6.07, 6.45) is 1.23. The van der Waals surface area contributed by atoms with Gasteiger partial charge in [-0.1, -0.05) is 26.0 Å². The summed E-state index contributed by atoms with van der Waals surface area (Å²) >= 11 is 0.